The van der Waals surface area contributed by atoms with Crippen LogP contribution in [-0.2, 0) is 6.54 Å². The van der Waals surface area contributed by atoms with Gasteiger partial charge in [-0.1, -0.05) is 42.5 Å². The molecule has 1 unspecified atom stereocenters. The first-order chi connectivity index (χ1) is 12.2. The van der Waals surface area contributed by atoms with E-state index >= 15 is 0 Å². The molecule has 26 heavy (non-hydrogen) atoms. The molecule has 1 atom stereocenters. The molecule has 1 fully saturated rings. The van der Waals surface area contributed by atoms with Crippen molar-refractivity contribution in [1.29, 1.82) is 0 Å². The van der Waals surface area contributed by atoms with E-state index in [1.807, 2.05) is 12.1 Å². The Bertz CT molecular complexity index is 767. The van der Waals surface area contributed by atoms with Gasteiger partial charge >= 0.3 is 0 Å². The summed E-state index contributed by atoms with van der Waals surface area (Å²) in [6.07, 6.45) is 1.10. The maximum atomic E-state index is 10.9. The van der Waals surface area contributed by atoms with Crippen LogP contribution in [-0.4, -0.2) is 35.9 Å². The number of non-ortho nitro benzene ring substituents is 1. The van der Waals surface area contributed by atoms with E-state index in [2.05, 4.69) is 39.5 Å². The summed E-state index contributed by atoms with van der Waals surface area (Å²) >= 11 is 0. The first-order valence-corrected chi connectivity index (χ1v) is 8.41. The van der Waals surface area contributed by atoms with Crippen molar-refractivity contribution in [1.82, 2.24) is 10.2 Å². The second-order valence-corrected chi connectivity index (χ2v) is 6.17. The predicted molar refractivity (Wildman–Crippen MR) is 114 cm³/mol. The third kappa shape index (κ3) is 4.94. The Balaban J connectivity index is 0.00000243. The molecule has 1 N–H and O–H groups in total. The van der Waals surface area contributed by atoms with Crippen LogP contribution in [0.4, 0.5) is 5.69 Å². The van der Waals surface area contributed by atoms with Crippen LogP contribution in [0.25, 0.3) is 0 Å². The Hall–Kier alpha value is -2.16. The van der Waals surface area contributed by atoms with Crippen molar-refractivity contribution in [2.75, 3.05) is 20.1 Å². The SMILES string of the molecule is CN=C(NCc1cccc([N+](=O)[O-])c1)N1CCC(c2ccccc2)C1.I. The number of benzene rings is 2. The molecule has 2 aromatic rings. The van der Waals surface area contributed by atoms with Crippen molar-refractivity contribution in [3.8, 4) is 0 Å². The van der Waals surface area contributed by atoms with Gasteiger partial charge in [0.15, 0.2) is 5.96 Å². The van der Waals surface area contributed by atoms with E-state index in [4.69, 9.17) is 0 Å². The lowest BCUT2D eigenvalue weighted by Crippen LogP contribution is -2.39. The average Bonchev–Trinajstić information content (AvgIpc) is 3.13. The first kappa shape index (κ1) is 20.2. The van der Waals surface area contributed by atoms with Gasteiger partial charge < -0.3 is 10.2 Å². The molecule has 138 valence electrons. The highest BCUT2D eigenvalue weighted by Gasteiger charge is 2.25. The number of nitrogens with one attached hydrogen (secondary N) is 1. The molecule has 1 aliphatic heterocycles. The minimum absolute atomic E-state index is 0. The highest BCUT2D eigenvalue weighted by Crippen LogP contribution is 2.26. The van der Waals surface area contributed by atoms with Crippen LogP contribution in [0.15, 0.2) is 59.6 Å². The zero-order valence-corrected chi connectivity index (χ0v) is 17.0. The second-order valence-electron chi connectivity index (χ2n) is 6.17. The molecule has 0 saturated carbocycles. The van der Waals surface area contributed by atoms with Gasteiger partial charge in [-0.3, -0.25) is 15.1 Å². The Morgan fingerprint density at radius 2 is 2.04 bits per heavy atom. The fourth-order valence-corrected chi connectivity index (χ4v) is 3.24. The zero-order chi connectivity index (χ0) is 17.6. The van der Waals surface area contributed by atoms with Crippen molar-refractivity contribution in [3.05, 3.63) is 75.8 Å². The molecule has 1 heterocycles. The van der Waals surface area contributed by atoms with E-state index in [1.165, 1.54) is 11.6 Å². The summed E-state index contributed by atoms with van der Waals surface area (Å²) in [7, 11) is 1.77. The molecule has 0 radical (unpaired) electrons. The lowest BCUT2D eigenvalue weighted by molar-refractivity contribution is -0.384. The van der Waals surface area contributed by atoms with Gasteiger partial charge in [-0.05, 0) is 17.5 Å². The lowest BCUT2D eigenvalue weighted by atomic mass is 9.99. The molecular weight excluding hydrogens is 443 g/mol. The topological polar surface area (TPSA) is 70.8 Å². The van der Waals surface area contributed by atoms with Crippen molar-refractivity contribution in [2.45, 2.75) is 18.9 Å². The number of nitrogens with zero attached hydrogens (tertiary/aromatic N) is 3. The van der Waals surface area contributed by atoms with Gasteiger partial charge in [0.2, 0.25) is 0 Å². The number of rotatable bonds is 4. The summed E-state index contributed by atoms with van der Waals surface area (Å²) in [5.74, 6) is 1.35. The summed E-state index contributed by atoms with van der Waals surface area (Å²) in [5, 5.41) is 14.2. The molecule has 3 rings (SSSR count). The Kier molecular flexibility index (Phi) is 7.38. The van der Waals surface area contributed by atoms with Crippen LogP contribution in [0.5, 0.6) is 0 Å². The number of nitro groups is 1. The average molecular weight is 466 g/mol. The van der Waals surface area contributed by atoms with E-state index in [-0.39, 0.29) is 34.6 Å². The van der Waals surface area contributed by atoms with E-state index in [0.717, 1.165) is 31.0 Å². The van der Waals surface area contributed by atoms with Crippen molar-refractivity contribution >= 4 is 35.6 Å². The van der Waals surface area contributed by atoms with Gasteiger partial charge in [0.1, 0.15) is 0 Å². The number of hydrogen-bond donors (Lipinski definition) is 1. The third-order valence-corrected chi connectivity index (χ3v) is 4.54. The normalized spacial score (nSPS) is 16.9. The highest BCUT2D eigenvalue weighted by molar-refractivity contribution is 14.0. The van der Waals surface area contributed by atoms with Gasteiger partial charge in [-0.2, -0.15) is 0 Å². The zero-order valence-electron chi connectivity index (χ0n) is 14.7. The molecule has 1 saturated heterocycles. The van der Waals surface area contributed by atoms with Crippen LogP contribution >= 0.6 is 24.0 Å². The van der Waals surface area contributed by atoms with Crippen molar-refractivity contribution in [2.24, 2.45) is 4.99 Å². The van der Waals surface area contributed by atoms with Gasteiger partial charge in [0.25, 0.3) is 5.69 Å². The molecule has 6 nitrogen and oxygen atoms in total. The van der Waals surface area contributed by atoms with Crippen LogP contribution in [0, 0.1) is 10.1 Å². The maximum Gasteiger partial charge on any atom is 0.269 e. The summed E-state index contributed by atoms with van der Waals surface area (Å²) in [4.78, 5) is 17.1. The van der Waals surface area contributed by atoms with Crippen molar-refractivity contribution < 1.29 is 4.92 Å². The quantitative estimate of drug-likeness (QED) is 0.245. The summed E-state index contributed by atoms with van der Waals surface area (Å²) in [6.45, 7) is 2.40. The summed E-state index contributed by atoms with van der Waals surface area (Å²) in [5.41, 5.74) is 2.34. The standard InChI is InChI=1S/C19H22N4O2.HI/c1-20-19(21-13-15-6-5-9-18(12-15)23(24)25)22-11-10-17(14-22)16-7-3-2-4-8-16;/h2-9,12,17H,10-11,13-14H2,1H3,(H,20,21);1H. The minimum Gasteiger partial charge on any atom is -0.352 e. The molecule has 0 bridgehead atoms. The lowest BCUT2D eigenvalue weighted by Gasteiger charge is -2.22. The fraction of sp³-hybridized carbons (Fsp3) is 0.316. The Morgan fingerprint density at radius 3 is 2.73 bits per heavy atom. The molecular formula is C19H23IN4O2. The summed E-state index contributed by atoms with van der Waals surface area (Å²) in [6, 6.07) is 17.2. The minimum atomic E-state index is -0.372. The van der Waals surface area contributed by atoms with Gasteiger partial charge in [0.05, 0.1) is 4.92 Å². The van der Waals surface area contributed by atoms with Gasteiger partial charge in [-0.25, -0.2) is 0 Å². The summed E-state index contributed by atoms with van der Waals surface area (Å²) < 4.78 is 0. The van der Waals surface area contributed by atoms with Crippen LogP contribution in [0.1, 0.15) is 23.5 Å². The number of nitro benzene ring substituents is 1. The number of likely N-dealkylation sites (tertiary alicyclic amines) is 1. The molecule has 7 heteroatoms. The number of halogens is 1. The van der Waals surface area contributed by atoms with Crippen molar-refractivity contribution in [3.63, 3.8) is 0 Å². The predicted octanol–water partition coefficient (Wildman–Crippen LogP) is 3.78. The number of guanidine groups is 1. The Labute approximate surface area is 170 Å². The second kappa shape index (κ2) is 9.51. The first-order valence-electron chi connectivity index (χ1n) is 8.41. The van der Waals surface area contributed by atoms with Crippen LogP contribution < -0.4 is 5.32 Å². The monoisotopic (exact) mass is 466 g/mol. The Morgan fingerprint density at radius 1 is 1.27 bits per heavy atom. The molecule has 2 aromatic carbocycles. The molecule has 0 spiro atoms. The van der Waals surface area contributed by atoms with Gasteiger partial charge in [-0.15, -0.1) is 24.0 Å². The largest absolute Gasteiger partial charge is 0.352 e. The number of aliphatic imine (C=N–C) groups is 1. The van der Waals surface area contributed by atoms with Crippen LogP contribution in [0.3, 0.4) is 0 Å². The van der Waals surface area contributed by atoms with E-state index in [9.17, 15) is 10.1 Å². The number of hydrogen-bond acceptors (Lipinski definition) is 3. The third-order valence-electron chi connectivity index (χ3n) is 4.54. The molecule has 1 aliphatic rings. The maximum absolute atomic E-state index is 10.9. The molecule has 0 aliphatic carbocycles. The molecule has 0 aromatic heterocycles. The highest BCUT2D eigenvalue weighted by atomic mass is 127. The fourth-order valence-electron chi connectivity index (χ4n) is 3.24. The van der Waals surface area contributed by atoms with Gasteiger partial charge in [0, 0.05) is 44.7 Å². The molecule has 0 amide bonds. The van der Waals surface area contributed by atoms with E-state index in [1.54, 1.807) is 19.2 Å². The van der Waals surface area contributed by atoms with E-state index < -0.39 is 0 Å². The smallest absolute Gasteiger partial charge is 0.269 e. The van der Waals surface area contributed by atoms with Crippen LogP contribution in [0.2, 0.25) is 0 Å². The van der Waals surface area contributed by atoms with E-state index in [0.29, 0.717) is 12.5 Å².